The molecule has 1 heterocycles. The van der Waals surface area contributed by atoms with Crippen molar-refractivity contribution in [1.29, 1.82) is 0 Å². The number of nitrogens with one attached hydrogen (secondary N) is 1. The third kappa shape index (κ3) is 3.80. The maximum atomic E-state index is 13.5. The van der Waals surface area contributed by atoms with Crippen molar-refractivity contribution in [3.8, 4) is 0 Å². The second kappa shape index (κ2) is 6.86. The van der Waals surface area contributed by atoms with E-state index in [2.05, 4.69) is 5.32 Å². The summed E-state index contributed by atoms with van der Waals surface area (Å²) in [6, 6.07) is 4.68. The smallest absolute Gasteiger partial charge is 0.226 e. The number of hydrogen-bond donors (Lipinski definition) is 2. The SMILES string of the molecule is [B]c1ccc(C(CNC2CCOCC2)C(N)=O)cc1F. The lowest BCUT2D eigenvalue weighted by molar-refractivity contribution is -0.119. The van der Waals surface area contributed by atoms with E-state index in [9.17, 15) is 9.18 Å². The molecule has 2 rings (SSSR count). The van der Waals surface area contributed by atoms with Crippen molar-refractivity contribution in [3.05, 3.63) is 29.6 Å². The monoisotopic (exact) mass is 276 g/mol. The van der Waals surface area contributed by atoms with Gasteiger partial charge in [-0.25, -0.2) is 4.39 Å². The first-order valence-electron chi connectivity index (χ1n) is 6.73. The minimum Gasteiger partial charge on any atom is -0.381 e. The second-order valence-corrected chi connectivity index (χ2v) is 5.03. The molecule has 2 radical (unpaired) electrons. The van der Waals surface area contributed by atoms with E-state index in [4.69, 9.17) is 18.3 Å². The lowest BCUT2D eigenvalue weighted by Gasteiger charge is -2.25. The van der Waals surface area contributed by atoms with E-state index in [0.29, 0.717) is 18.2 Å². The number of nitrogens with two attached hydrogens (primary N) is 1. The van der Waals surface area contributed by atoms with Crippen LogP contribution in [0.5, 0.6) is 0 Å². The molecule has 6 heteroatoms. The van der Waals surface area contributed by atoms with Gasteiger partial charge in [0, 0.05) is 25.8 Å². The van der Waals surface area contributed by atoms with Crippen LogP contribution in [0.2, 0.25) is 0 Å². The van der Waals surface area contributed by atoms with Crippen LogP contribution in [0.4, 0.5) is 4.39 Å². The fraction of sp³-hybridized carbons (Fsp3) is 0.500. The summed E-state index contributed by atoms with van der Waals surface area (Å²) in [5.74, 6) is -1.57. The highest BCUT2D eigenvalue weighted by atomic mass is 19.1. The van der Waals surface area contributed by atoms with Gasteiger partial charge in [0.2, 0.25) is 5.91 Å². The Hall–Kier alpha value is -1.40. The number of carbonyl (C=O) groups excluding carboxylic acids is 1. The summed E-state index contributed by atoms with van der Waals surface area (Å²) in [4.78, 5) is 11.6. The fourth-order valence-electron chi connectivity index (χ4n) is 2.33. The van der Waals surface area contributed by atoms with Crippen LogP contribution in [0, 0.1) is 5.82 Å². The Morgan fingerprint density at radius 3 is 2.80 bits per heavy atom. The molecule has 0 bridgehead atoms. The minimum atomic E-state index is -0.562. The van der Waals surface area contributed by atoms with Crippen LogP contribution in [0.15, 0.2) is 18.2 Å². The van der Waals surface area contributed by atoms with Gasteiger partial charge in [0.05, 0.1) is 5.92 Å². The lowest BCUT2D eigenvalue weighted by Crippen LogP contribution is -2.40. The zero-order chi connectivity index (χ0) is 14.5. The second-order valence-electron chi connectivity index (χ2n) is 5.03. The zero-order valence-electron chi connectivity index (χ0n) is 11.3. The van der Waals surface area contributed by atoms with Gasteiger partial charge in [-0.3, -0.25) is 4.79 Å². The molecule has 4 nitrogen and oxygen atoms in total. The molecular formula is C14H18BFN2O2. The number of hydrogen-bond acceptors (Lipinski definition) is 3. The molecule has 1 unspecified atom stereocenters. The quantitative estimate of drug-likeness (QED) is 0.742. The number of carbonyl (C=O) groups is 1. The van der Waals surface area contributed by atoms with Crippen molar-refractivity contribution in [1.82, 2.24) is 5.32 Å². The first-order valence-corrected chi connectivity index (χ1v) is 6.73. The van der Waals surface area contributed by atoms with E-state index in [1.165, 1.54) is 12.1 Å². The van der Waals surface area contributed by atoms with Crippen LogP contribution >= 0.6 is 0 Å². The van der Waals surface area contributed by atoms with E-state index in [1.807, 2.05) is 0 Å². The highest BCUT2D eigenvalue weighted by molar-refractivity contribution is 6.32. The molecule has 1 atom stereocenters. The molecule has 1 saturated heterocycles. The molecular weight excluding hydrogens is 258 g/mol. The number of halogens is 1. The van der Waals surface area contributed by atoms with Gasteiger partial charge in [0.15, 0.2) is 0 Å². The maximum absolute atomic E-state index is 13.5. The van der Waals surface area contributed by atoms with Gasteiger partial charge in [0.1, 0.15) is 13.7 Å². The largest absolute Gasteiger partial charge is 0.381 e. The number of amides is 1. The topological polar surface area (TPSA) is 64.3 Å². The van der Waals surface area contributed by atoms with Crippen LogP contribution in [0.1, 0.15) is 24.3 Å². The number of ether oxygens (including phenoxy) is 1. The normalized spacial score (nSPS) is 17.9. The van der Waals surface area contributed by atoms with Crippen molar-refractivity contribution in [3.63, 3.8) is 0 Å². The molecule has 1 aromatic rings. The molecule has 0 aliphatic carbocycles. The first kappa shape index (κ1) is 15.0. The third-order valence-corrected chi connectivity index (χ3v) is 3.60. The van der Waals surface area contributed by atoms with Crippen molar-refractivity contribution >= 4 is 19.2 Å². The summed E-state index contributed by atoms with van der Waals surface area (Å²) in [6.07, 6.45) is 1.81. The van der Waals surface area contributed by atoms with Crippen LogP contribution in [-0.2, 0) is 9.53 Å². The van der Waals surface area contributed by atoms with Crippen molar-refractivity contribution in [2.45, 2.75) is 24.8 Å². The zero-order valence-corrected chi connectivity index (χ0v) is 11.3. The number of rotatable bonds is 5. The van der Waals surface area contributed by atoms with E-state index in [0.717, 1.165) is 26.1 Å². The Labute approximate surface area is 119 Å². The van der Waals surface area contributed by atoms with E-state index < -0.39 is 17.6 Å². The van der Waals surface area contributed by atoms with Crippen LogP contribution in [0.25, 0.3) is 0 Å². The maximum Gasteiger partial charge on any atom is 0.226 e. The number of benzene rings is 1. The van der Waals surface area contributed by atoms with E-state index in [1.54, 1.807) is 6.07 Å². The number of primary amides is 1. The van der Waals surface area contributed by atoms with E-state index in [-0.39, 0.29) is 5.46 Å². The molecule has 0 saturated carbocycles. The predicted octanol–water partition coefficient (Wildman–Crippen LogP) is -0.0430. The van der Waals surface area contributed by atoms with Gasteiger partial charge in [-0.2, -0.15) is 0 Å². The molecule has 0 aromatic heterocycles. The molecule has 1 amide bonds. The van der Waals surface area contributed by atoms with Gasteiger partial charge >= 0.3 is 0 Å². The summed E-state index contributed by atoms with van der Waals surface area (Å²) in [7, 11) is 5.44. The molecule has 1 aliphatic heterocycles. The average Bonchev–Trinajstić information content (AvgIpc) is 2.43. The Bertz CT molecular complexity index is 478. The molecule has 106 valence electrons. The average molecular weight is 276 g/mol. The Morgan fingerprint density at radius 1 is 1.50 bits per heavy atom. The molecule has 1 fully saturated rings. The molecule has 1 aromatic carbocycles. The Kier molecular flexibility index (Phi) is 5.14. The highest BCUT2D eigenvalue weighted by Crippen LogP contribution is 2.16. The molecule has 0 spiro atoms. The molecule has 3 N–H and O–H groups in total. The fourth-order valence-corrected chi connectivity index (χ4v) is 2.33. The van der Waals surface area contributed by atoms with Gasteiger partial charge in [-0.05, 0) is 24.5 Å². The highest BCUT2D eigenvalue weighted by Gasteiger charge is 2.21. The summed E-state index contributed by atoms with van der Waals surface area (Å²) in [5.41, 5.74) is 6.02. The Balaban J connectivity index is 2.02. The van der Waals surface area contributed by atoms with Crippen molar-refractivity contribution < 1.29 is 13.9 Å². The van der Waals surface area contributed by atoms with Gasteiger partial charge < -0.3 is 15.8 Å². The van der Waals surface area contributed by atoms with E-state index >= 15 is 0 Å². The Morgan fingerprint density at radius 2 is 2.20 bits per heavy atom. The van der Waals surface area contributed by atoms with Crippen molar-refractivity contribution in [2.75, 3.05) is 19.8 Å². The molecule has 20 heavy (non-hydrogen) atoms. The standard InChI is InChI=1S/C14H18BFN2O2/c15-12-2-1-9(7-13(12)16)11(14(17)19)8-18-10-3-5-20-6-4-10/h1-2,7,10-11,18H,3-6,8H2,(H2,17,19). The minimum absolute atomic E-state index is 0.0642. The van der Waals surface area contributed by atoms with Crippen LogP contribution in [0.3, 0.4) is 0 Å². The molecule has 1 aliphatic rings. The lowest BCUT2D eigenvalue weighted by atomic mass is 9.90. The predicted molar refractivity (Wildman–Crippen MR) is 75.6 cm³/mol. The summed E-state index contributed by atoms with van der Waals surface area (Å²) in [5, 5.41) is 3.30. The summed E-state index contributed by atoms with van der Waals surface area (Å²) in [6.45, 7) is 1.83. The summed E-state index contributed by atoms with van der Waals surface area (Å²) >= 11 is 0. The van der Waals surface area contributed by atoms with Gasteiger partial charge in [-0.15, -0.1) is 0 Å². The first-order chi connectivity index (χ1) is 9.58. The van der Waals surface area contributed by atoms with Gasteiger partial charge in [-0.1, -0.05) is 17.6 Å². The summed E-state index contributed by atoms with van der Waals surface area (Å²) < 4.78 is 18.8. The van der Waals surface area contributed by atoms with Crippen LogP contribution in [-0.4, -0.2) is 39.6 Å². The van der Waals surface area contributed by atoms with Gasteiger partial charge in [0.25, 0.3) is 0 Å². The third-order valence-electron chi connectivity index (χ3n) is 3.60. The van der Waals surface area contributed by atoms with Crippen molar-refractivity contribution in [2.24, 2.45) is 5.73 Å². The van der Waals surface area contributed by atoms with Crippen LogP contribution < -0.4 is 16.5 Å².